The van der Waals surface area contributed by atoms with E-state index in [-0.39, 0.29) is 11.5 Å². The Morgan fingerprint density at radius 2 is 1.88 bits per heavy atom. The largest absolute Gasteiger partial charge is 0.480 e. The summed E-state index contributed by atoms with van der Waals surface area (Å²) in [5.74, 6) is -1.94. The Balaban J connectivity index is 1.85. The van der Waals surface area contributed by atoms with E-state index in [1.54, 1.807) is 6.20 Å². The number of carboxylic acids is 1. The molecule has 1 saturated carbocycles. The van der Waals surface area contributed by atoms with E-state index in [0.29, 0.717) is 23.0 Å². The predicted octanol–water partition coefficient (Wildman–Crippen LogP) is 2.90. The molecule has 2 N–H and O–H groups in total. The van der Waals surface area contributed by atoms with Crippen LogP contribution in [0.3, 0.4) is 0 Å². The van der Waals surface area contributed by atoms with Gasteiger partial charge in [0.25, 0.3) is 5.91 Å². The number of hydrogen-bond acceptors (Lipinski definition) is 3. The Hall–Kier alpha value is -2.22. The van der Waals surface area contributed by atoms with Crippen LogP contribution in [0.5, 0.6) is 0 Å². The minimum absolute atomic E-state index is 0.0897. The van der Waals surface area contributed by atoms with Crippen molar-refractivity contribution in [2.75, 3.05) is 0 Å². The lowest BCUT2D eigenvalue weighted by Gasteiger charge is -2.24. The molecule has 24 heavy (non-hydrogen) atoms. The maximum absolute atomic E-state index is 13.0. The molecule has 1 heterocycles. The average Bonchev–Trinajstić information content (AvgIpc) is 3.16. The first-order chi connectivity index (χ1) is 11.4. The van der Waals surface area contributed by atoms with Crippen LogP contribution in [0.15, 0.2) is 34.9 Å². The standard InChI is InChI=1S/C16H15BrFN3O3/c17-12-9-21(11-5-3-10(18)4-6-11)20-13(12)14(22)19-16(15(23)24)7-1-2-8-16/h3-6,9H,1-2,7-8H2,(H,19,22)(H,23,24). The van der Waals surface area contributed by atoms with Crippen LogP contribution in [0, 0.1) is 5.82 Å². The van der Waals surface area contributed by atoms with Crippen LogP contribution in [0.2, 0.25) is 0 Å². The van der Waals surface area contributed by atoms with E-state index in [1.807, 2.05) is 0 Å². The Kier molecular flexibility index (Phi) is 4.40. The zero-order valence-electron chi connectivity index (χ0n) is 12.6. The highest BCUT2D eigenvalue weighted by Gasteiger charge is 2.43. The molecule has 0 radical (unpaired) electrons. The van der Waals surface area contributed by atoms with Gasteiger partial charge in [-0.25, -0.2) is 13.9 Å². The molecule has 0 aliphatic heterocycles. The second-order valence-electron chi connectivity index (χ2n) is 5.80. The molecule has 2 aromatic rings. The quantitative estimate of drug-likeness (QED) is 0.833. The van der Waals surface area contributed by atoms with E-state index in [9.17, 15) is 19.1 Å². The molecule has 1 aromatic heterocycles. The predicted molar refractivity (Wildman–Crippen MR) is 87.5 cm³/mol. The van der Waals surface area contributed by atoms with Crippen LogP contribution in [-0.4, -0.2) is 32.3 Å². The van der Waals surface area contributed by atoms with Gasteiger partial charge < -0.3 is 10.4 Å². The van der Waals surface area contributed by atoms with Crippen LogP contribution in [0.25, 0.3) is 5.69 Å². The summed E-state index contributed by atoms with van der Waals surface area (Å²) in [5, 5.41) is 16.3. The van der Waals surface area contributed by atoms with Crippen LogP contribution in [0.4, 0.5) is 4.39 Å². The number of carboxylic acid groups (broad SMARTS) is 1. The highest BCUT2D eigenvalue weighted by Crippen LogP contribution is 2.30. The minimum Gasteiger partial charge on any atom is -0.480 e. The van der Waals surface area contributed by atoms with Gasteiger partial charge in [0.15, 0.2) is 5.69 Å². The zero-order chi connectivity index (χ0) is 17.3. The molecular formula is C16H15BrFN3O3. The normalized spacial score (nSPS) is 16.1. The molecular weight excluding hydrogens is 381 g/mol. The van der Waals surface area contributed by atoms with Gasteiger partial charge in [0.05, 0.1) is 10.2 Å². The number of carbonyl (C=O) groups is 2. The molecule has 1 aromatic carbocycles. The van der Waals surface area contributed by atoms with Crippen molar-refractivity contribution in [3.05, 3.63) is 46.4 Å². The summed E-state index contributed by atoms with van der Waals surface area (Å²) in [5.41, 5.74) is -0.548. The lowest BCUT2D eigenvalue weighted by molar-refractivity contribution is -0.144. The fraction of sp³-hybridized carbons (Fsp3) is 0.312. The summed E-state index contributed by atoms with van der Waals surface area (Å²) >= 11 is 3.27. The Bertz CT molecular complexity index is 782. The third-order valence-electron chi connectivity index (χ3n) is 4.20. The number of carbonyl (C=O) groups excluding carboxylic acids is 1. The topological polar surface area (TPSA) is 84.2 Å². The SMILES string of the molecule is O=C(NC1(C(=O)O)CCCC1)c1nn(-c2ccc(F)cc2)cc1Br. The van der Waals surface area contributed by atoms with Crippen LogP contribution < -0.4 is 5.32 Å². The van der Waals surface area contributed by atoms with Crippen LogP contribution in [0.1, 0.15) is 36.2 Å². The average molecular weight is 396 g/mol. The number of aromatic nitrogens is 2. The van der Waals surface area contributed by atoms with Crippen molar-refractivity contribution in [2.24, 2.45) is 0 Å². The highest BCUT2D eigenvalue weighted by atomic mass is 79.9. The Morgan fingerprint density at radius 3 is 2.46 bits per heavy atom. The highest BCUT2D eigenvalue weighted by molar-refractivity contribution is 9.10. The molecule has 126 valence electrons. The molecule has 6 nitrogen and oxygen atoms in total. The van der Waals surface area contributed by atoms with Gasteiger partial charge in [-0.15, -0.1) is 0 Å². The summed E-state index contributed by atoms with van der Waals surface area (Å²) < 4.78 is 14.9. The summed E-state index contributed by atoms with van der Waals surface area (Å²) in [7, 11) is 0. The maximum atomic E-state index is 13.0. The van der Waals surface area contributed by atoms with E-state index in [2.05, 4.69) is 26.3 Å². The lowest BCUT2D eigenvalue weighted by atomic mass is 9.97. The first-order valence-electron chi connectivity index (χ1n) is 7.48. The van der Waals surface area contributed by atoms with Gasteiger partial charge in [-0.3, -0.25) is 4.79 Å². The van der Waals surface area contributed by atoms with Gasteiger partial charge in [-0.2, -0.15) is 5.10 Å². The van der Waals surface area contributed by atoms with Crippen molar-refractivity contribution in [3.63, 3.8) is 0 Å². The number of hydrogen-bond donors (Lipinski definition) is 2. The number of nitrogens with one attached hydrogen (secondary N) is 1. The number of aliphatic carboxylic acids is 1. The van der Waals surface area contributed by atoms with E-state index in [4.69, 9.17) is 0 Å². The van der Waals surface area contributed by atoms with Crippen molar-refractivity contribution in [2.45, 2.75) is 31.2 Å². The van der Waals surface area contributed by atoms with Gasteiger partial charge in [-0.05, 0) is 53.0 Å². The second kappa shape index (κ2) is 6.35. The molecule has 1 amide bonds. The maximum Gasteiger partial charge on any atom is 0.329 e. The minimum atomic E-state index is -1.23. The summed E-state index contributed by atoms with van der Waals surface area (Å²) in [6.07, 6.45) is 3.91. The summed E-state index contributed by atoms with van der Waals surface area (Å²) in [4.78, 5) is 24.0. The van der Waals surface area contributed by atoms with E-state index >= 15 is 0 Å². The van der Waals surface area contributed by atoms with Gasteiger partial charge in [0, 0.05) is 6.20 Å². The van der Waals surface area contributed by atoms with Crippen molar-refractivity contribution >= 4 is 27.8 Å². The molecule has 0 spiro atoms. The van der Waals surface area contributed by atoms with E-state index in [0.717, 1.165) is 12.8 Å². The molecule has 1 fully saturated rings. The van der Waals surface area contributed by atoms with Gasteiger partial charge >= 0.3 is 5.97 Å². The molecule has 0 saturated heterocycles. The molecule has 3 rings (SSSR count). The molecule has 1 aliphatic rings. The third kappa shape index (κ3) is 3.06. The molecule has 1 aliphatic carbocycles. The Morgan fingerprint density at radius 1 is 1.25 bits per heavy atom. The van der Waals surface area contributed by atoms with Crippen molar-refractivity contribution in [3.8, 4) is 5.69 Å². The van der Waals surface area contributed by atoms with Gasteiger partial charge in [-0.1, -0.05) is 12.8 Å². The Labute approximate surface area is 145 Å². The van der Waals surface area contributed by atoms with Crippen molar-refractivity contribution < 1.29 is 19.1 Å². The van der Waals surface area contributed by atoms with Crippen molar-refractivity contribution in [1.82, 2.24) is 15.1 Å². The van der Waals surface area contributed by atoms with Gasteiger partial charge in [0.1, 0.15) is 11.4 Å². The second-order valence-corrected chi connectivity index (χ2v) is 6.65. The molecule has 0 bridgehead atoms. The number of halogens is 2. The third-order valence-corrected chi connectivity index (χ3v) is 4.78. The molecule has 0 unspecified atom stereocenters. The van der Waals surface area contributed by atoms with Crippen LogP contribution in [-0.2, 0) is 4.79 Å². The molecule has 0 atom stereocenters. The fourth-order valence-electron chi connectivity index (χ4n) is 2.88. The number of amides is 1. The van der Waals surface area contributed by atoms with E-state index < -0.39 is 17.4 Å². The van der Waals surface area contributed by atoms with Crippen LogP contribution >= 0.6 is 15.9 Å². The number of nitrogens with zero attached hydrogens (tertiary/aromatic N) is 2. The zero-order valence-corrected chi connectivity index (χ0v) is 14.2. The van der Waals surface area contributed by atoms with Crippen molar-refractivity contribution in [1.29, 1.82) is 0 Å². The first-order valence-corrected chi connectivity index (χ1v) is 8.28. The smallest absolute Gasteiger partial charge is 0.329 e. The summed E-state index contributed by atoms with van der Waals surface area (Å²) in [6.45, 7) is 0. The fourth-order valence-corrected chi connectivity index (χ4v) is 3.33. The first kappa shape index (κ1) is 16.6. The number of rotatable bonds is 4. The van der Waals surface area contributed by atoms with E-state index in [1.165, 1.54) is 28.9 Å². The summed E-state index contributed by atoms with van der Waals surface area (Å²) in [6, 6.07) is 5.66. The number of benzene rings is 1. The van der Waals surface area contributed by atoms with Gasteiger partial charge in [0.2, 0.25) is 0 Å². The lowest BCUT2D eigenvalue weighted by Crippen LogP contribution is -2.52. The molecule has 8 heteroatoms. The monoisotopic (exact) mass is 395 g/mol.